The molecule has 5 rings (SSSR count). The molecule has 4 heterocycles. The third-order valence-corrected chi connectivity index (χ3v) is 11.3. The number of esters is 1. The van der Waals surface area contributed by atoms with Gasteiger partial charge in [0, 0.05) is 29.8 Å². The van der Waals surface area contributed by atoms with Crippen molar-refractivity contribution >= 4 is 56.5 Å². The number of aliphatic hydroxyl groups is 1. The number of allylic oxidation sites excluding steroid dienone is 1. The van der Waals surface area contributed by atoms with Gasteiger partial charge in [0.05, 0.1) is 28.7 Å². The minimum atomic E-state index is -0.806. The number of fused-ring (bicyclic) bond motifs is 2. The molecular formula is C28H34BrN5O5S. The number of aliphatic hydroxyl groups excluding tert-OH is 1. The maximum absolute atomic E-state index is 14.5. The zero-order chi connectivity index (χ0) is 28.4. The Balaban J connectivity index is 1.48. The van der Waals surface area contributed by atoms with Gasteiger partial charge in [-0.05, 0) is 37.8 Å². The number of para-hydroxylation sites is 1. The van der Waals surface area contributed by atoms with E-state index in [9.17, 15) is 19.5 Å². The van der Waals surface area contributed by atoms with E-state index in [1.54, 1.807) is 38.4 Å². The van der Waals surface area contributed by atoms with Crippen molar-refractivity contribution in [2.45, 2.75) is 53.2 Å². The lowest BCUT2D eigenvalue weighted by Gasteiger charge is -2.37. The topological polar surface area (TPSA) is 118 Å². The largest absolute Gasteiger partial charge is 0.465 e. The van der Waals surface area contributed by atoms with Crippen LogP contribution >= 0.6 is 27.7 Å². The number of carbonyl (C=O) groups is 3. The highest BCUT2D eigenvalue weighted by molar-refractivity contribution is 9.09. The number of hydrogen-bond donors (Lipinski definition) is 1. The molecule has 3 aliphatic heterocycles. The van der Waals surface area contributed by atoms with Crippen molar-refractivity contribution in [3.63, 3.8) is 0 Å². The van der Waals surface area contributed by atoms with Crippen molar-refractivity contribution in [3.8, 4) is 0 Å². The van der Waals surface area contributed by atoms with E-state index >= 15 is 0 Å². The van der Waals surface area contributed by atoms with Gasteiger partial charge in [0.15, 0.2) is 0 Å². The van der Waals surface area contributed by atoms with Crippen molar-refractivity contribution < 1.29 is 24.2 Å². The number of benzene rings is 1. The molecular weight excluding hydrogens is 598 g/mol. The predicted octanol–water partition coefficient (Wildman–Crippen LogP) is 2.76. The number of ether oxygens (including phenoxy) is 1. The molecule has 1 aromatic heterocycles. The molecule has 214 valence electrons. The molecule has 3 fully saturated rings. The number of hydrogen-bond acceptors (Lipinski definition) is 8. The lowest BCUT2D eigenvalue weighted by Crippen LogP contribution is -2.55. The van der Waals surface area contributed by atoms with Gasteiger partial charge in [0.25, 0.3) is 0 Å². The van der Waals surface area contributed by atoms with Crippen molar-refractivity contribution in [1.82, 2.24) is 24.8 Å². The Hall–Kier alpha value is -2.70. The maximum atomic E-state index is 14.5. The first-order chi connectivity index (χ1) is 19.4. The van der Waals surface area contributed by atoms with Gasteiger partial charge in [-0.3, -0.25) is 14.4 Å². The highest BCUT2D eigenvalue weighted by Gasteiger charge is 2.76. The summed E-state index contributed by atoms with van der Waals surface area (Å²) < 4.78 is 6.50. The fraction of sp³-hybridized carbons (Fsp3) is 0.536. The summed E-state index contributed by atoms with van der Waals surface area (Å²) in [7, 11) is 0. The van der Waals surface area contributed by atoms with Gasteiger partial charge in [0.2, 0.25) is 11.8 Å². The Morgan fingerprint density at radius 3 is 2.83 bits per heavy atom. The monoisotopic (exact) mass is 631 g/mol. The van der Waals surface area contributed by atoms with Crippen LogP contribution in [-0.2, 0) is 25.8 Å². The van der Waals surface area contributed by atoms with Crippen LogP contribution < -0.4 is 0 Å². The van der Waals surface area contributed by atoms with Crippen LogP contribution in [0.5, 0.6) is 0 Å². The Kier molecular flexibility index (Phi) is 8.67. The van der Waals surface area contributed by atoms with Crippen LogP contribution in [0.1, 0.15) is 25.7 Å². The van der Waals surface area contributed by atoms with Crippen LogP contribution in [0, 0.1) is 11.8 Å². The average molecular weight is 633 g/mol. The second kappa shape index (κ2) is 12.0. The molecule has 1 spiro atoms. The molecule has 12 heteroatoms. The van der Waals surface area contributed by atoms with Crippen LogP contribution in [0.2, 0.25) is 0 Å². The molecule has 3 saturated heterocycles. The molecule has 1 aromatic carbocycles. The third-order valence-electron chi connectivity index (χ3n) is 8.04. The molecule has 2 amide bonds. The first-order valence-corrected chi connectivity index (χ1v) is 15.4. The number of alkyl halides is 1. The Labute approximate surface area is 245 Å². The smallest absolute Gasteiger partial charge is 0.310 e. The second-order valence-electron chi connectivity index (χ2n) is 10.4. The lowest BCUT2D eigenvalue weighted by atomic mass is 9.71. The number of nitrogens with zero attached hydrogens (tertiary/aromatic N) is 5. The molecule has 1 N–H and O–H groups in total. The third kappa shape index (κ3) is 4.87. The van der Waals surface area contributed by atoms with Crippen LogP contribution in [-0.4, -0.2) is 94.9 Å². The van der Waals surface area contributed by atoms with E-state index in [0.29, 0.717) is 24.8 Å². The fourth-order valence-electron chi connectivity index (χ4n) is 6.39. The van der Waals surface area contributed by atoms with Crippen molar-refractivity contribution in [1.29, 1.82) is 0 Å². The summed E-state index contributed by atoms with van der Waals surface area (Å²) in [6, 6.07) is 6.71. The number of halogens is 1. The van der Waals surface area contributed by atoms with Crippen LogP contribution in [0.3, 0.4) is 0 Å². The Morgan fingerprint density at radius 2 is 2.08 bits per heavy atom. The number of carbonyl (C=O) groups excluding carboxylic acids is 3. The molecule has 40 heavy (non-hydrogen) atoms. The number of likely N-dealkylation sites (tertiary alicyclic amines) is 1. The molecule has 2 aromatic rings. The van der Waals surface area contributed by atoms with E-state index in [-0.39, 0.29) is 54.9 Å². The highest BCUT2D eigenvalue weighted by atomic mass is 79.9. The second-order valence-corrected chi connectivity index (χ2v) is 13.2. The number of aromatic nitrogens is 3. The van der Waals surface area contributed by atoms with Crippen LogP contribution in [0.4, 0.5) is 0 Å². The molecule has 0 saturated carbocycles. The van der Waals surface area contributed by atoms with Gasteiger partial charge in [-0.1, -0.05) is 45.4 Å². The lowest BCUT2D eigenvalue weighted by molar-refractivity contribution is -0.154. The van der Waals surface area contributed by atoms with E-state index in [1.165, 1.54) is 0 Å². The first kappa shape index (κ1) is 28.8. The minimum absolute atomic E-state index is 0.0486. The molecule has 0 radical (unpaired) electrons. The summed E-state index contributed by atoms with van der Waals surface area (Å²) in [5, 5.41) is 17.9. The number of rotatable bonds is 13. The van der Waals surface area contributed by atoms with Crippen molar-refractivity contribution in [2.24, 2.45) is 11.8 Å². The zero-order valence-electron chi connectivity index (χ0n) is 22.2. The van der Waals surface area contributed by atoms with Gasteiger partial charge >= 0.3 is 5.97 Å². The highest BCUT2D eigenvalue weighted by Crippen LogP contribution is 2.68. The maximum Gasteiger partial charge on any atom is 0.310 e. The Morgan fingerprint density at radius 1 is 1.27 bits per heavy atom. The van der Waals surface area contributed by atoms with E-state index in [0.717, 1.165) is 11.9 Å². The molecule has 0 aliphatic carbocycles. The van der Waals surface area contributed by atoms with E-state index in [1.807, 2.05) is 24.3 Å². The normalized spacial score (nSPS) is 28.6. The summed E-state index contributed by atoms with van der Waals surface area (Å²) in [6.07, 6.45) is 5.72. The first-order valence-electron chi connectivity index (χ1n) is 13.6. The van der Waals surface area contributed by atoms with Crippen molar-refractivity contribution in [3.05, 3.63) is 49.6 Å². The molecule has 10 nitrogen and oxygen atoms in total. The summed E-state index contributed by atoms with van der Waals surface area (Å²) in [5.74, 6) is -2.17. The molecule has 6 atom stereocenters. The van der Waals surface area contributed by atoms with Crippen LogP contribution in [0.15, 0.2) is 49.6 Å². The van der Waals surface area contributed by atoms with E-state index < -0.39 is 28.6 Å². The van der Waals surface area contributed by atoms with Gasteiger partial charge in [0.1, 0.15) is 18.2 Å². The SMILES string of the molecule is C=CCCCOC(=O)[C@H]1[C@H]2C(=O)N(CCCO)C(C(=O)N(CC=C)Cn3nnc4ccccc43)C23CC(Br)[C@@H]1S3. The van der Waals surface area contributed by atoms with Gasteiger partial charge < -0.3 is 19.6 Å². The summed E-state index contributed by atoms with van der Waals surface area (Å²) in [6.45, 7) is 8.29. The molecule has 3 unspecified atom stereocenters. The summed E-state index contributed by atoms with van der Waals surface area (Å²) in [4.78, 5) is 45.1. The average Bonchev–Trinajstić information content (AvgIpc) is 3.66. The van der Waals surface area contributed by atoms with Gasteiger partial charge in [-0.25, -0.2) is 4.68 Å². The number of amides is 2. The van der Waals surface area contributed by atoms with Crippen molar-refractivity contribution in [2.75, 3.05) is 26.3 Å². The van der Waals surface area contributed by atoms with E-state index in [4.69, 9.17) is 4.74 Å². The standard InChI is InChI=1S/C28H34BrN5O5S/c1-3-5-8-15-39-27(38)21-22-25(36)33(13-9-14-35)24(28(22)16-18(29)23(21)40-28)26(37)32(12-4-2)17-34-20-11-7-6-10-19(20)30-31-34/h3-4,6-7,10-11,18,21-24,35H,1-2,5,8-9,12-17H2/t18?,21-,22-,23-,24?,28?/m0/s1. The predicted molar refractivity (Wildman–Crippen MR) is 155 cm³/mol. The summed E-state index contributed by atoms with van der Waals surface area (Å²) >= 11 is 5.33. The van der Waals surface area contributed by atoms with Gasteiger partial charge in [-0.2, -0.15) is 0 Å². The Bertz CT molecular complexity index is 1300. The summed E-state index contributed by atoms with van der Waals surface area (Å²) in [5.41, 5.74) is 1.50. The van der Waals surface area contributed by atoms with E-state index in [2.05, 4.69) is 39.4 Å². The molecule has 2 bridgehead atoms. The zero-order valence-corrected chi connectivity index (χ0v) is 24.6. The number of thioether (sulfide) groups is 1. The number of unbranched alkanes of at least 4 members (excludes halogenated alkanes) is 1. The minimum Gasteiger partial charge on any atom is -0.465 e. The quantitative estimate of drug-likeness (QED) is 0.155. The van der Waals surface area contributed by atoms with Crippen LogP contribution in [0.25, 0.3) is 11.0 Å². The molecule has 3 aliphatic rings. The van der Waals surface area contributed by atoms with Gasteiger partial charge in [-0.15, -0.1) is 30.0 Å². The fourth-order valence-corrected chi connectivity index (χ4v) is 9.98.